The quantitative estimate of drug-likeness (QED) is 0.773. The minimum absolute atomic E-state index is 0.439. The van der Waals surface area contributed by atoms with Crippen LogP contribution >= 0.6 is 11.3 Å². The summed E-state index contributed by atoms with van der Waals surface area (Å²) < 4.78 is 0. The zero-order valence-electron chi connectivity index (χ0n) is 8.27. The second kappa shape index (κ2) is 4.20. The number of hydrogen-bond donors (Lipinski definition) is 0. The smallest absolute Gasteiger partial charge is 0.124 e. The first-order chi connectivity index (χ1) is 7.31. The second-order valence-electron chi connectivity index (χ2n) is 3.10. The van der Waals surface area contributed by atoms with Crippen LogP contribution in [0.25, 0.3) is 10.6 Å². The molecule has 2 heterocycles. The third-order valence-corrected chi connectivity index (χ3v) is 3.27. The van der Waals surface area contributed by atoms with Crippen LogP contribution in [0.2, 0.25) is 0 Å². The van der Waals surface area contributed by atoms with Crippen LogP contribution in [0.5, 0.6) is 0 Å². The van der Waals surface area contributed by atoms with Gasteiger partial charge >= 0.3 is 0 Å². The van der Waals surface area contributed by atoms with Gasteiger partial charge in [-0.15, -0.1) is 11.3 Å². The predicted octanol–water partition coefficient (Wildman–Crippen LogP) is 2.58. The zero-order chi connectivity index (χ0) is 10.7. The molecule has 0 spiro atoms. The van der Waals surface area contributed by atoms with Crippen molar-refractivity contribution in [2.24, 2.45) is 0 Å². The number of pyridine rings is 1. The van der Waals surface area contributed by atoms with Crippen molar-refractivity contribution in [2.75, 3.05) is 0 Å². The Labute approximate surface area is 92.1 Å². The Kier molecular flexibility index (Phi) is 2.75. The molecule has 0 saturated carbocycles. The Morgan fingerprint density at radius 3 is 2.80 bits per heavy atom. The van der Waals surface area contributed by atoms with Gasteiger partial charge in [-0.25, -0.2) is 4.98 Å². The average molecular weight is 215 g/mol. The number of thiazole rings is 1. The monoisotopic (exact) mass is 215 g/mol. The molecular formula is C11H9N3S. The van der Waals surface area contributed by atoms with Gasteiger partial charge < -0.3 is 0 Å². The molecule has 0 aromatic carbocycles. The number of nitrogens with zero attached hydrogens (tertiary/aromatic N) is 3. The Morgan fingerprint density at radius 2 is 2.13 bits per heavy atom. The van der Waals surface area contributed by atoms with E-state index in [2.05, 4.69) is 16.0 Å². The first-order valence-electron chi connectivity index (χ1n) is 4.55. The molecule has 0 bridgehead atoms. The van der Waals surface area contributed by atoms with Gasteiger partial charge in [0.05, 0.1) is 18.2 Å². The van der Waals surface area contributed by atoms with Crippen molar-refractivity contribution < 1.29 is 0 Å². The van der Waals surface area contributed by atoms with Gasteiger partial charge in [0.15, 0.2) is 0 Å². The van der Waals surface area contributed by atoms with E-state index in [0.717, 1.165) is 21.1 Å². The van der Waals surface area contributed by atoms with Crippen molar-refractivity contribution in [3.63, 3.8) is 0 Å². The molecule has 15 heavy (non-hydrogen) atoms. The average Bonchev–Trinajstić information content (AvgIpc) is 2.63. The van der Waals surface area contributed by atoms with Gasteiger partial charge in [-0.3, -0.25) is 4.98 Å². The van der Waals surface area contributed by atoms with E-state index in [0.29, 0.717) is 6.42 Å². The Morgan fingerprint density at radius 1 is 1.40 bits per heavy atom. The fourth-order valence-corrected chi connectivity index (χ4v) is 2.28. The van der Waals surface area contributed by atoms with Crippen LogP contribution in [0, 0.1) is 18.3 Å². The summed E-state index contributed by atoms with van der Waals surface area (Å²) in [5, 5.41) is 9.60. The lowest BCUT2D eigenvalue weighted by molar-refractivity contribution is 1.18. The number of aromatic nitrogens is 2. The SMILES string of the molecule is Cc1nc(-c2ccncc2)sc1CC#N. The van der Waals surface area contributed by atoms with Crippen LogP contribution in [-0.2, 0) is 6.42 Å². The van der Waals surface area contributed by atoms with Crippen LogP contribution in [0.4, 0.5) is 0 Å². The molecule has 0 unspecified atom stereocenters. The minimum atomic E-state index is 0.439. The summed E-state index contributed by atoms with van der Waals surface area (Å²) in [7, 11) is 0. The number of rotatable bonds is 2. The first-order valence-corrected chi connectivity index (χ1v) is 5.36. The highest BCUT2D eigenvalue weighted by Crippen LogP contribution is 2.27. The topological polar surface area (TPSA) is 49.6 Å². The van der Waals surface area contributed by atoms with Crippen LogP contribution in [0.1, 0.15) is 10.6 Å². The molecule has 74 valence electrons. The van der Waals surface area contributed by atoms with E-state index in [1.165, 1.54) is 0 Å². The Hall–Kier alpha value is -1.73. The summed E-state index contributed by atoms with van der Waals surface area (Å²) in [6.07, 6.45) is 3.93. The van der Waals surface area contributed by atoms with Gasteiger partial charge in [0.25, 0.3) is 0 Å². The molecule has 0 aliphatic heterocycles. The van der Waals surface area contributed by atoms with E-state index in [1.54, 1.807) is 23.7 Å². The molecule has 4 heteroatoms. The molecule has 0 fully saturated rings. The second-order valence-corrected chi connectivity index (χ2v) is 4.18. The maximum atomic E-state index is 8.64. The molecule has 0 N–H and O–H groups in total. The molecule has 0 amide bonds. The van der Waals surface area contributed by atoms with Gasteiger partial charge in [0, 0.05) is 22.8 Å². The first kappa shape index (κ1) is 9.81. The largest absolute Gasteiger partial charge is 0.265 e. The molecule has 2 rings (SSSR count). The zero-order valence-corrected chi connectivity index (χ0v) is 9.08. The Balaban J connectivity index is 2.40. The van der Waals surface area contributed by atoms with E-state index >= 15 is 0 Å². The van der Waals surface area contributed by atoms with Gasteiger partial charge in [0.2, 0.25) is 0 Å². The van der Waals surface area contributed by atoms with Crippen LogP contribution < -0.4 is 0 Å². The lowest BCUT2D eigenvalue weighted by Gasteiger charge is -1.92. The summed E-state index contributed by atoms with van der Waals surface area (Å²) in [5.74, 6) is 0. The highest BCUT2D eigenvalue weighted by atomic mass is 32.1. The van der Waals surface area contributed by atoms with Crippen molar-refractivity contribution in [2.45, 2.75) is 13.3 Å². The lowest BCUT2D eigenvalue weighted by Crippen LogP contribution is -1.80. The molecule has 3 nitrogen and oxygen atoms in total. The minimum Gasteiger partial charge on any atom is -0.265 e. The summed E-state index contributed by atoms with van der Waals surface area (Å²) in [5.41, 5.74) is 2.01. The molecule has 0 aliphatic carbocycles. The Bertz CT molecular complexity index is 496. The third kappa shape index (κ3) is 2.03. The van der Waals surface area contributed by atoms with Crippen LogP contribution in [0.15, 0.2) is 24.5 Å². The maximum Gasteiger partial charge on any atom is 0.124 e. The molecule has 0 aliphatic rings. The maximum absolute atomic E-state index is 8.64. The molecule has 2 aromatic heterocycles. The van der Waals surface area contributed by atoms with E-state index in [4.69, 9.17) is 5.26 Å². The fraction of sp³-hybridized carbons (Fsp3) is 0.182. The van der Waals surface area contributed by atoms with Crippen molar-refractivity contribution in [3.8, 4) is 16.6 Å². The van der Waals surface area contributed by atoms with Crippen molar-refractivity contribution in [1.29, 1.82) is 5.26 Å². The summed E-state index contributed by atoms with van der Waals surface area (Å²) in [6.45, 7) is 1.94. The molecule has 0 atom stereocenters. The van der Waals surface area contributed by atoms with Crippen LogP contribution in [-0.4, -0.2) is 9.97 Å². The van der Waals surface area contributed by atoms with Crippen molar-refractivity contribution in [1.82, 2.24) is 9.97 Å². The van der Waals surface area contributed by atoms with E-state index < -0.39 is 0 Å². The van der Waals surface area contributed by atoms with E-state index in [9.17, 15) is 0 Å². The van der Waals surface area contributed by atoms with Crippen molar-refractivity contribution in [3.05, 3.63) is 35.1 Å². The fourth-order valence-electron chi connectivity index (χ4n) is 1.28. The lowest BCUT2D eigenvalue weighted by atomic mass is 10.3. The predicted molar refractivity (Wildman–Crippen MR) is 59.4 cm³/mol. The molecule has 2 aromatic rings. The normalized spacial score (nSPS) is 9.87. The number of aryl methyl sites for hydroxylation is 1. The highest BCUT2D eigenvalue weighted by Gasteiger charge is 2.08. The molecule has 0 saturated heterocycles. The van der Waals surface area contributed by atoms with Gasteiger partial charge in [0.1, 0.15) is 5.01 Å². The van der Waals surface area contributed by atoms with Crippen LogP contribution in [0.3, 0.4) is 0 Å². The van der Waals surface area contributed by atoms with E-state index in [1.807, 2.05) is 19.1 Å². The number of hydrogen-bond acceptors (Lipinski definition) is 4. The van der Waals surface area contributed by atoms with Crippen molar-refractivity contribution >= 4 is 11.3 Å². The number of nitriles is 1. The molecular weight excluding hydrogens is 206 g/mol. The standard InChI is InChI=1S/C11H9N3S/c1-8-10(2-5-12)15-11(14-8)9-3-6-13-7-4-9/h3-4,6-7H,2H2,1H3. The van der Waals surface area contributed by atoms with Gasteiger partial charge in [-0.1, -0.05) is 0 Å². The highest BCUT2D eigenvalue weighted by molar-refractivity contribution is 7.15. The molecule has 0 radical (unpaired) electrons. The van der Waals surface area contributed by atoms with Gasteiger partial charge in [-0.05, 0) is 19.1 Å². The summed E-state index contributed by atoms with van der Waals surface area (Å²) >= 11 is 1.58. The third-order valence-electron chi connectivity index (χ3n) is 2.06. The summed E-state index contributed by atoms with van der Waals surface area (Å²) in [4.78, 5) is 9.45. The summed E-state index contributed by atoms with van der Waals surface area (Å²) in [6, 6.07) is 6.00. The van der Waals surface area contributed by atoms with E-state index in [-0.39, 0.29) is 0 Å². The van der Waals surface area contributed by atoms with Gasteiger partial charge in [-0.2, -0.15) is 5.26 Å².